The molecule has 4 aromatic rings. The van der Waals surface area contributed by atoms with E-state index in [9.17, 15) is 5.26 Å². The minimum Gasteiger partial charge on any atom is -0.497 e. The number of ether oxygens (including phenoxy) is 4. The van der Waals surface area contributed by atoms with E-state index in [1.165, 1.54) is 6.33 Å². The highest BCUT2D eigenvalue weighted by molar-refractivity contribution is 7.50. The summed E-state index contributed by atoms with van der Waals surface area (Å²) in [5.41, 5.74) is 2.09. The van der Waals surface area contributed by atoms with Gasteiger partial charge < -0.3 is 23.5 Å². The predicted octanol–water partition coefficient (Wildman–Crippen LogP) is 8.64. The Morgan fingerprint density at radius 2 is 1.41 bits per heavy atom. The van der Waals surface area contributed by atoms with E-state index in [2.05, 4.69) is 96.9 Å². The Morgan fingerprint density at radius 1 is 0.824 bits per heavy atom. The Hall–Kier alpha value is -4.06. The van der Waals surface area contributed by atoms with Gasteiger partial charge in [-0.25, -0.2) is 9.97 Å². The zero-order valence-electron chi connectivity index (χ0n) is 30.6. The Morgan fingerprint density at radius 3 is 1.94 bits per heavy atom. The zero-order valence-corrected chi connectivity index (χ0v) is 31.5. The number of nitrogens with zero attached hydrogens (tertiary/aromatic N) is 4. The van der Waals surface area contributed by atoms with Crippen LogP contribution < -0.4 is 14.2 Å². The fourth-order valence-corrected chi connectivity index (χ4v) is 9.84. The maximum Gasteiger partial charge on any atom is 0.216 e. The van der Waals surface area contributed by atoms with Crippen molar-refractivity contribution < 1.29 is 23.5 Å². The van der Waals surface area contributed by atoms with E-state index in [1.807, 2.05) is 36.4 Å². The van der Waals surface area contributed by atoms with Crippen LogP contribution in [0.4, 0.5) is 0 Å². The molecule has 1 aliphatic rings. The van der Waals surface area contributed by atoms with Gasteiger partial charge in [0.15, 0.2) is 0 Å². The van der Waals surface area contributed by atoms with E-state index in [0.717, 1.165) is 47.2 Å². The van der Waals surface area contributed by atoms with Crippen LogP contribution in [0.5, 0.6) is 17.4 Å². The van der Waals surface area contributed by atoms with E-state index < -0.39 is 13.9 Å². The lowest BCUT2D eigenvalue weighted by Gasteiger charge is -2.40. The topological polar surface area (TPSA) is 99.0 Å². The van der Waals surface area contributed by atoms with Crippen molar-refractivity contribution in [2.24, 2.45) is 11.8 Å². The van der Waals surface area contributed by atoms with E-state index in [4.69, 9.17) is 23.5 Å². The van der Waals surface area contributed by atoms with Crippen molar-refractivity contribution in [2.75, 3.05) is 33.6 Å². The van der Waals surface area contributed by atoms with Crippen molar-refractivity contribution in [3.05, 3.63) is 114 Å². The van der Waals surface area contributed by atoms with Gasteiger partial charge in [-0.15, -0.1) is 0 Å². The molecule has 0 saturated heterocycles. The molecule has 0 amide bonds. The van der Waals surface area contributed by atoms with Gasteiger partial charge in [-0.3, -0.25) is 4.67 Å². The van der Waals surface area contributed by atoms with Crippen LogP contribution in [-0.4, -0.2) is 66.4 Å². The smallest absolute Gasteiger partial charge is 0.216 e. The van der Waals surface area contributed by atoms with Gasteiger partial charge in [0.05, 0.1) is 39.9 Å². The van der Waals surface area contributed by atoms with Crippen molar-refractivity contribution in [3.63, 3.8) is 0 Å². The lowest BCUT2D eigenvalue weighted by molar-refractivity contribution is -0.0148. The third kappa shape index (κ3) is 9.44. The molecule has 9 nitrogen and oxygen atoms in total. The molecule has 0 aliphatic heterocycles. The summed E-state index contributed by atoms with van der Waals surface area (Å²) >= 11 is 0. The molecule has 0 radical (unpaired) electrons. The number of benzene rings is 3. The van der Waals surface area contributed by atoms with Crippen molar-refractivity contribution in [1.82, 2.24) is 14.6 Å². The molecule has 0 N–H and O–H groups in total. The molecule has 4 atom stereocenters. The number of aromatic nitrogens is 2. The normalized spacial score (nSPS) is 18.2. The fourth-order valence-electron chi connectivity index (χ4n) is 7.23. The highest BCUT2D eigenvalue weighted by Crippen LogP contribution is 2.51. The molecule has 1 fully saturated rings. The second-order valence-corrected chi connectivity index (χ2v) is 15.2. The first-order valence-electron chi connectivity index (χ1n) is 17.8. The Kier molecular flexibility index (Phi) is 13.8. The second kappa shape index (κ2) is 18.4. The standard InChI is InChI=1S/C41H51N4O5P/c1-30(2)45(31(3)4)51(49-24-10-22-42)28-33-26-39(50-40-21-23-43-29-44-40)25-32(33)27-48-41(34-11-8-7-9-12-34,35-13-17-37(46-5)18-14-35)36-15-19-38(47-6)20-16-36/h7-9,11-21,23,29-33,39H,10,24-28H2,1-6H3/t32-,33-,39-,51?/m1/s1. The molecule has 3 aromatic carbocycles. The molecule has 270 valence electrons. The summed E-state index contributed by atoms with van der Waals surface area (Å²) < 4.78 is 34.1. The van der Waals surface area contributed by atoms with Crippen LogP contribution >= 0.6 is 8.30 Å². The third-order valence-electron chi connectivity index (χ3n) is 9.49. The molecule has 0 bridgehead atoms. The number of hydrogen-bond donors (Lipinski definition) is 0. The van der Waals surface area contributed by atoms with Crippen LogP contribution in [0.25, 0.3) is 0 Å². The highest BCUT2D eigenvalue weighted by atomic mass is 31.2. The van der Waals surface area contributed by atoms with Crippen molar-refractivity contribution in [3.8, 4) is 23.4 Å². The van der Waals surface area contributed by atoms with Gasteiger partial charge in [0.2, 0.25) is 5.88 Å². The van der Waals surface area contributed by atoms with E-state index >= 15 is 0 Å². The van der Waals surface area contributed by atoms with Gasteiger partial charge in [0, 0.05) is 30.5 Å². The Labute approximate surface area is 304 Å². The number of nitriles is 1. The molecule has 1 aromatic heterocycles. The molecule has 0 spiro atoms. The van der Waals surface area contributed by atoms with Gasteiger partial charge in [-0.05, 0) is 93.3 Å². The molecule has 1 saturated carbocycles. The predicted molar refractivity (Wildman–Crippen MR) is 201 cm³/mol. The molecule has 1 unspecified atom stereocenters. The summed E-state index contributed by atoms with van der Waals surface area (Å²) in [7, 11) is 2.36. The van der Waals surface area contributed by atoms with Gasteiger partial charge in [0.25, 0.3) is 0 Å². The van der Waals surface area contributed by atoms with Gasteiger partial charge in [-0.2, -0.15) is 5.26 Å². The summed E-state index contributed by atoms with van der Waals surface area (Å²) in [6.45, 7) is 9.77. The Balaban J connectivity index is 1.54. The SMILES string of the molecule is COc1ccc(C(OC[C@H]2C[C@@H](Oc3ccncn3)C[C@@H]2CP(OCCC#N)N(C(C)C)C(C)C)(c2ccccc2)c2ccc(OC)cc2)cc1. The number of methoxy groups -OCH3 is 2. The minimum absolute atomic E-state index is 0.0471. The first-order valence-corrected chi connectivity index (χ1v) is 19.2. The maximum atomic E-state index is 9.33. The summed E-state index contributed by atoms with van der Waals surface area (Å²) in [5.74, 6) is 2.53. The lowest BCUT2D eigenvalue weighted by atomic mass is 9.79. The van der Waals surface area contributed by atoms with Crippen LogP contribution in [-0.2, 0) is 14.9 Å². The highest BCUT2D eigenvalue weighted by Gasteiger charge is 2.43. The van der Waals surface area contributed by atoms with Crippen LogP contribution in [0.15, 0.2) is 97.5 Å². The molecule has 51 heavy (non-hydrogen) atoms. The minimum atomic E-state index is -0.995. The maximum absolute atomic E-state index is 9.33. The van der Waals surface area contributed by atoms with Crippen LogP contribution in [0, 0.1) is 23.2 Å². The summed E-state index contributed by atoms with van der Waals surface area (Å²) in [6.07, 6.45) is 6.03. The number of hydrogen-bond acceptors (Lipinski definition) is 9. The molecular weight excluding hydrogens is 659 g/mol. The first-order chi connectivity index (χ1) is 24.8. The Bertz CT molecular complexity index is 1600. The van der Waals surface area contributed by atoms with E-state index in [-0.39, 0.29) is 17.9 Å². The van der Waals surface area contributed by atoms with Crippen molar-refractivity contribution >= 4 is 8.30 Å². The largest absolute Gasteiger partial charge is 0.497 e. The zero-order chi connectivity index (χ0) is 36.2. The molecule has 1 heterocycles. The second-order valence-electron chi connectivity index (χ2n) is 13.4. The molecule has 1 aliphatic carbocycles. The van der Waals surface area contributed by atoms with Gasteiger partial charge >= 0.3 is 0 Å². The first kappa shape index (κ1) is 38.2. The summed E-state index contributed by atoms with van der Waals surface area (Å²) in [5, 5.41) is 9.33. The molecule has 5 rings (SSSR count). The fraction of sp³-hybridized carbons (Fsp3) is 0.439. The summed E-state index contributed by atoms with van der Waals surface area (Å²) in [4.78, 5) is 8.44. The summed E-state index contributed by atoms with van der Waals surface area (Å²) in [6, 6.07) is 31.4. The van der Waals surface area contributed by atoms with E-state index in [1.54, 1.807) is 20.4 Å². The third-order valence-corrected chi connectivity index (χ3v) is 12.2. The quantitative estimate of drug-likeness (QED) is 0.0571. The lowest BCUT2D eigenvalue weighted by Crippen LogP contribution is -2.37. The van der Waals surface area contributed by atoms with Gasteiger partial charge in [0.1, 0.15) is 37.8 Å². The van der Waals surface area contributed by atoms with Crippen LogP contribution in [0.2, 0.25) is 0 Å². The number of rotatable bonds is 18. The molecular formula is C41H51N4O5P. The monoisotopic (exact) mass is 710 g/mol. The molecule has 10 heteroatoms. The van der Waals surface area contributed by atoms with E-state index in [0.29, 0.717) is 37.6 Å². The average Bonchev–Trinajstić information content (AvgIpc) is 3.53. The van der Waals surface area contributed by atoms with Crippen LogP contribution in [0.3, 0.4) is 0 Å². The van der Waals surface area contributed by atoms with Gasteiger partial charge in [-0.1, -0.05) is 54.6 Å². The van der Waals surface area contributed by atoms with Crippen molar-refractivity contribution in [1.29, 1.82) is 5.26 Å². The average molecular weight is 711 g/mol. The van der Waals surface area contributed by atoms with Crippen molar-refractivity contribution in [2.45, 2.75) is 70.7 Å². The van der Waals surface area contributed by atoms with Crippen LogP contribution in [0.1, 0.15) is 63.6 Å².